The van der Waals surface area contributed by atoms with Crippen LogP contribution in [0.2, 0.25) is 0 Å². The van der Waals surface area contributed by atoms with E-state index in [0.717, 1.165) is 25.7 Å². The van der Waals surface area contributed by atoms with Crippen LogP contribution in [-0.2, 0) is 19.1 Å². The number of unbranched alkanes of at least 4 members (excludes halogenated alkanes) is 8. The smallest absolute Gasteiger partial charge is 0.239 e. The second kappa shape index (κ2) is 18.4. The van der Waals surface area contributed by atoms with Crippen molar-refractivity contribution in [2.45, 2.75) is 108 Å². The summed E-state index contributed by atoms with van der Waals surface area (Å²) in [7, 11) is 0. The number of imidazole rings is 1. The standard InChI is InChI=1S/C28H46N8O8/c1-2-3-4-5-6-7-8-9-10-11-18(39)29-12-19(40)30-13-20(41)35-21-23(42)24(43)28(44-25(21)17(38)14-37)36-27-22-26(32-15-31-22)33-16-34-27/h15-17,21,23-25,28,37-38,42-43H,2-14H2,1H3,(H,29,39)(H,30,40)(H,35,41)(H2,31,32,33,34,36)/t17-,21-,23-,24-,25+,28+/m1/s1. The minimum absolute atomic E-state index is 0.200. The lowest BCUT2D eigenvalue weighted by Gasteiger charge is -2.44. The number of rotatable bonds is 19. The van der Waals surface area contributed by atoms with Gasteiger partial charge in [0.2, 0.25) is 17.7 Å². The number of carbonyl (C=O) groups excluding carboxylic acids is 3. The number of nitrogens with one attached hydrogen (secondary N) is 5. The van der Waals surface area contributed by atoms with Crippen LogP contribution in [0.25, 0.3) is 11.2 Å². The van der Waals surface area contributed by atoms with Gasteiger partial charge in [0, 0.05) is 6.42 Å². The minimum atomic E-state index is -1.65. The first-order valence-electron chi connectivity index (χ1n) is 15.3. The molecule has 44 heavy (non-hydrogen) atoms. The molecule has 16 heteroatoms. The third-order valence-corrected chi connectivity index (χ3v) is 7.48. The van der Waals surface area contributed by atoms with Gasteiger partial charge in [-0.25, -0.2) is 15.0 Å². The van der Waals surface area contributed by atoms with Gasteiger partial charge in [0.05, 0.1) is 32.1 Å². The Hall–Kier alpha value is -3.44. The molecular formula is C28H46N8O8. The van der Waals surface area contributed by atoms with Gasteiger partial charge in [-0.3, -0.25) is 14.4 Å². The van der Waals surface area contributed by atoms with Gasteiger partial charge >= 0.3 is 0 Å². The Bertz CT molecular complexity index is 1180. The summed E-state index contributed by atoms with van der Waals surface area (Å²) in [5.74, 6) is -1.39. The van der Waals surface area contributed by atoms with Crippen LogP contribution in [0.4, 0.5) is 5.82 Å². The molecule has 0 saturated carbocycles. The average molecular weight is 623 g/mol. The SMILES string of the molecule is CCCCCCCCCCCC(=O)NCC(=O)NCC(=O)N[C@@H]1[C@@H](O)[C@@H](O)[C@@H](Nc2ncnc3nc[nH]c23)O[C@H]1[C@H](O)CO. The van der Waals surface area contributed by atoms with Gasteiger partial charge in [0.25, 0.3) is 0 Å². The quantitative estimate of drug-likeness (QED) is 0.0875. The summed E-state index contributed by atoms with van der Waals surface area (Å²) in [4.78, 5) is 51.8. The summed E-state index contributed by atoms with van der Waals surface area (Å²) >= 11 is 0. The van der Waals surface area contributed by atoms with E-state index < -0.39 is 61.7 Å². The number of carbonyl (C=O) groups is 3. The highest BCUT2D eigenvalue weighted by molar-refractivity contribution is 5.88. The molecule has 0 spiro atoms. The molecule has 3 amide bonds. The van der Waals surface area contributed by atoms with E-state index in [-0.39, 0.29) is 18.3 Å². The average Bonchev–Trinajstić information content (AvgIpc) is 3.51. The predicted octanol–water partition coefficient (Wildman–Crippen LogP) is -0.797. The van der Waals surface area contributed by atoms with Crippen molar-refractivity contribution in [1.29, 1.82) is 0 Å². The Labute approximate surface area is 255 Å². The number of amides is 3. The molecule has 0 unspecified atom stereocenters. The third-order valence-electron chi connectivity index (χ3n) is 7.48. The van der Waals surface area contributed by atoms with Crippen LogP contribution >= 0.6 is 0 Å². The van der Waals surface area contributed by atoms with Crippen LogP contribution in [0.1, 0.15) is 71.1 Å². The summed E-state index contributed by atoms with van der Waals surface area (Å²) in [6, 6.07) is -1.34. The number of hydrogen-bond donors (Lipinski definition) is 9. The van der Waals surface area contributed by atoms with E-state index in [9.17, 15) is 34.8 Å². The normalized spacial score (nSPS) is 22.3. The molecule has 3 rings (SSSR count). The van der Waals surface area contributed by atoms with Crippen LogP contribution in [0, 0.1) is 0 Å². The number of ether oxygens (including phenoxy) is 1. The van der Waals surface area contributed by atoms with Gasteiger partial charge in [-0.2, -0.15) is 0 Å². The number of aromatic nitrogens is 4. The molecule has 6 atom stereocenters. The van der Waals surface area contributed by atoms with Gasteiger partial charge in [-0.15, -0.1) is 0 Å². The lowest BCUT2D eigenvalue weighted by Crippen LogP contribution is -2.68. The first-order chi connectivity index (χ1) is 21.2. The molecule has 1 aliphatic heterocycles. The topological polar surface area (TPSA) is 244 Å². The summed E-state index contributed by atoms with van der Waals surface area (Å²) in [5.41, 5.74) is 0.744. The zero-order valence-corrected chi connectivity index (χ0v) is 25.1. The van der Waals surface area contributed by atoms with E-state index >= 15 is 0 Å². The van der Waals surface area contributed by atoms with Gasteiger partial charge in [-0.05, 0) is 6.42 Å². The van der Waals surface area contributed by atoms with Crippen molar-refractivity contribution < 1.29 is 39.5 Å². The third kappa shape index (κ3) is 10.6. The van der Waals surface area contributed by atoms with E-state index in [2.05, 4.69) is 48.1 Å². The van der Waals surface area contributed by atoms with Crippen molar-refractivity contribution in [3.05, 3.63) is 12.7 Å². The number of hydrogen-bond acceptors (Lipinski definition) is 12. The Kier molecular flexibility index (Phi) is 14.6. The highest BCUT2D eigenvalue weighted by atomic mass is 16.5. The van der Waals surface area contributed by atoms with Crippen molar-refractivity contribution in [3.8, 4) is 0 Å². The fraction of sp³-hybridized carbons (Fsp3) is 0.714. The first kappa shape index (κ1) is 35.0. The molecule has 16 nitrogen and oxygen atoms in total. The molecule has 1 saturated heterocycles. The van der Waals surface area contributed by atoms with Gasteiger partial charge in [0.1, 0.15) is 36.3 Å². The van der Waals surface area contributed by atoms with E-state index in [1.54, 1.807) is 0 Å². The number of fused-ring (bicyclic) bond motifs is 1. The Balaban J connectivity index is 1.40. The Morgan fingerprint density at radius 2 is 1.57 bits per heavy atom. The van der Waals surface area contributed by atoms with Gasteiger partial charge < -0.3 is 51.4 Å². The number of nitrogens with zero attached hydrogens (tertiary/aromatic N) is 3. The van der Waals surface area contributed by atoms with Crippen LogP contribution < -0.4 is 21.3 Å². The lowest BCUT2D eigenvalue weighted by molar-refractivity contribution is -0.204. The number of anilines is 1. The Morgan fingerprint density at radius 3 is 2.27 bits per heavy atom. The van der Waals surface area contributed by atoms with Crippen LogP contribution in [0.3, 0.4) is 0 Å². The largest absolute Gasteiger partial charge is 0.394 e. The van der Waals surface area contributed by atoms with Crippen molar-refractivity contribution >= 4 is 34.7 Å². The van der Waals surface area contributed by atoms with E-state index in [0.29, 0.717) is 17.6 Å². The molecule has 246 valence electrons. The van der Waals surface area contributed by atoms with Gasteiger partial charge in [-0.1, -0.05) is 58.3 Å². The fourth-order valence-electron chi connectivity index (χ4n) is 4.99. The highest BCUT2D eigenvalue weighted by Crippen LogP contribution is 2.26. The second-order valence-corrected chi connectivity index (χ2v) is 10.9. The molecule has 0 aliphatic carbocycles. The van der Waals surface area contributed by atoms with Gasteiger partial charge in [0.15, 0.2) is 17.7 Å². The second-order valence-electron chi connectivity index (χ2n) is 10.9. The van der Waals surface area contributed by atoms with Crippen LogP contribution in [-0.4, -0.2) is 114 Å². The Morgan fingerprint density at radius 1 is 0.909 bits per heavy atom. The zero-order valence-electron chi connectivity index (χ0n) is 25.1. The van der Waals surface area contributed by atoms with E-state index in [4.69, 9.17) is 4.74 Å². The molecule has 2 aromatic rings. The molecule has 0 radical (unpaired) electrons. The molecule has 1 aliphatic rings. The monoisotopic (exact) mass is 622 g/mol. The molecule has 1 fully saturated rings. The van der Waals surface area contributed by atoms with E-state index in [1.165, 1.54) is 44.8 Å². The fourth-order valence-corrected chi connectivity index (χ4v) is 4.99. The maximum Gasteiger partial charge on any atom is 0.239 e. The summed E-state index contributed by atoms with van der Waals surface area (Å²) < 4.78 is 5.75. The maximum absolute atomic E-state index is 12.6. The predicted molar refractivity (Wildman–Crippen MR) is 159 cm³/mol. The maximum atomic E-state index is 12.6. The zero-order chi connectivity index (χ0) is 31.9. The van der Waals surface area contributed by atoms with Crippen LogP contribution in [0.15, 0.2) is 12.7 Å². The van der Waals surface area contributed by atoms with Crippen LogP contribution in [0.5, 0.6) is 0 Å². The lowest BCUT2D eigenvalue weighted by atomic mass is 9.92. The molecule has 2 aromatic heterocycles. The number of H-pyrrole nitrogens is 1. The summed E-state index contributed by atoms with van der Waals surface area (Å²) in [5, 5.41) is 51.7. The van der Waals surface area contributed by atoms with Crippen molar-refractivity contribution in [1.82, 2.24) is 35.9 Å². The molecule has 9 N–H and O–H groups in total. The number of aliphatic hydroxyl groups is 4. The molecular weight excluding hydrogens is 576 g/mol. The van der Waals surface area contributed by atoms with Crippen molar-refractivity contribution in [3.63, 3.8) is 0 Å². The number of aromatic amines is 1. The summed E-state index contributed by atoms with van der Waals surface area (Å²) in [6.45, 7) is 0.620. The molecule has 3 heterocycles. The number of aliphatic hydroxyl groups excluding tert-OH is 4. The van der Waals surface area contributed by atoms with Crippen molar-refractivity contribution in [2.24, 2.45) is 0 Å². The molecule has 0 aromatic carbocycles. The highest BCUT2D eigenvalue weighted by Gasteiger charge is 2.48. The van der Waals surface area contributed by atoms with E-state index in [1.807, 2.05) is 0 Å². The molecule has 0 bridgehead atoms. The first-order valence-corrected chi connectivity index (χ1v) is 15.3. The minimum Gasteiger partial charge on any atom is -0.394 e. The summed E-state index contributed by atoms with van der Waals surface area (Å²) in [6.07, 6.45) is 5.68. The van der Waals surface area contributed by atoms with Crippen molar-refractivity contribution in [2.75, 3.05) is 25.0 Å².